The van der Waals surface area contributed by atoms with Gasteiger partial charge in [0.05, 0.1) is 5.69 Å². The fourth-order valence-corrected chi connectivity index (χ4v) is 3.90. The Morgan fingerprint density at radius 1 is 1.41 bits per heavy atom. The van der Waals surface area contributed by atoms with Crippen LogP contribution in [0, 0.1) is 0 Å². The highest BCUT2D eigenvalue weighted by Gasteiger charge is 2.32. The monoisotopic (exact) mass is 353 g/mol. The summed E-state index contributed by atoms with van der Waals surface area (Å²) in [4.78, 5) is 12.9. The number of piperazine rings is 1. The summed E-state index contributed by atoms with van der Waals surface area (Å²) in [5.41, 5.74) is 0.370. The second-order valence-corrected chi connectivity index (χ2v) is 6.91. The molecule has 1 aliphatic rings. The first-order valence-electron chi connectivity index (χ1n) is 6.78. The summed E-state index contributed by atoms with van der Waals surface area (Å²) >= 11 is 0. The molecule has 0 amide bonds. The molecule has 1 atom stereocenters. The highest BCUT2D eigenvalue weighted by atomic mass is 35.5. The molecule has 0 saturated carbocycles. The molecule has 126 valence electrons. The number of hydrogen-bond acceptors (Lipinski definition) is 6. The Labute approximate surface area is 135 Å². The average molecular weight is 354 g/mol. The van der Waals surface area contributed by atoms with Crippen LogP contribution in [0.3, 0.4) is 0 Å². The lowest BCUT2D eigenvalue weighted by molar-refractivity contribution is -0.143. The van der Waals surface area contributed by atoms with Gasteiger partial charge in [0.1, 0.15) is 18.1 Å². The fraction of sp³-hybridized carbons (Fsp3) is 0.667. The number of hydrogen-bond donors (Lipinski definition) is 1. The normalized spacial score (nSPS) is 18.6. The fourth-order valence-electron chi connectivity index (χ4n) is 2.47. The lowest BCUT2D eigenvalue weighted by Gasteiger charge is -2.36. The van der Waals surface area contributed by atoms with Crippen LogP contribution in [0.4, 0.5) is 0 Å². The molecule has 22 heavy (non-hydrogen) atoms. The second kappa shape index (κ2) is 7.91. The number of halogens is 1. The quantitative estimate of drug-likeness (QED) is 0.789. The highest BCUT2D eigenvalue weighted by Crippen LogP contribution is 2.15. The molecule has 1 N–H and O–H groups in total. The summed E-state index contributed by atoms with van der Waals surface area (Å²) < 4.78 is 30.5. The first-order chi connectivity index (χ1) is 9.94. The average Bonchev–Trinajstić information content (AvgIpc) is 2.92. The Bertz CT molecular complexity index is 570. The van der Waals surface area contributed by atoms with Crippen LogP contribution in [0.2, 0.25) is 0 Å². The van der Waals surface area contributed by atoms with E-state index >= 15 is 0 Å². The summed E-state index contributed by atoms with van der Waals surface area (Å²) in [5.74, 6) is -1.06. The summed E-state index contributed by atoms with van der Waals surface area (Å²) in [6.07, 6.45) is 1.84. The van der Waals surface area contributed by atoms with Gasteiger partial charge in [-0.25, -0.2) is 8.42 Å². The number of carbonyl (C=O) groups is 1. The van der Waals surface area contributed by atoms with E-state index in [2.05, 4.69) is 9.68 Å². The summed E-state index contributed by atoms with van der Waals surface area (Å²) in [6, 6.07) is 0.969. The molecule has 10 heteroatoms. The number of sulfonamides is 1. The third kappa shape index (κ3) is 4.42. The van der Waals surface area contributed by atoms with Gasteiger partial charge in [-0.3, -0.25) is 9.69 Å². The van der Waals surface area contributed by atoms with Gasteiger partial charge in [-0.05, 0) is 6.42 Å². The van der Waals surface area contributed by atoms with Crippen molar-refractivity contribution < 1.29 is 22.8 Å². The Hall–Kier alpha value is -1.16. The molecule has 0 bridgehead atoms. The van der Waals surface area contributed by atoms with E-state index in [1.807, 2.05) is 11.8 Å². The number of carboxylic acids is 1. The van der Waals surface area contributed by atoms with Crippen molar-refractivity contribution in [3.8, 4) is 0 Å². The SMILES string of the molecule is CCC(C(=O)O)N1CCN(S(=O)(=O)Cc2ccon2)CC1.Cl. The zero-order valence-corrected chi connectivity index (χ0v) is 13.8. The molecule has 1 fully saturated rings. The molecule has 1 saturated heterocycles. The van der Waals surface area contributed by atoms with Crippen LogP contribution in [0.5, 0.6) is 0 Å². The van der Waals surface area contributed by atoms with Crippen molar-refractivity contribution in [3.05, 3.63) is 18.0 Å². The predicted molar refractivity (Wildman–Crippen MR) is 81.2 cm³/mol. The van der Waals surface area contributed by atoms with Crippen molar-refractivity contribution in [2.45, 2.75) is 25.1 Å². The second-order valence-electron chi connectivity index (χ2n) is 4.94. The van der Waals surface area contributed by atoms with Gasteiger partial charge in [-0.2, -0.15) is 4.31 Å². The Morgan fingerprint density at radius 2 is 2.05 bits per heavy atom. The van der Waals surface area contributed by atoms with E-state index in [0.29, 0.717) is 38.3 Å². The zero-order valence-electron chi connectivity index (χ0n) is 12.2. The lowest BCUT2D eigenvalue weighted by atomic mass is 10.1. The minimum atomic E-state index is -3.45. The van der Waals surface area contributed by atoms with Crippen LogP contribution in [0.1, 0.15) is 19.0 Å². The van der Waals surface area contributed by atoms with Gasteiger partial charge >= 0.3 is 5.97 Å². The summed E-state index contributed by atoms with van der Waals surface area (Å²) in [6.45, 7) is 3.24. The maximum absolute atomic E-state index is 12.2. The van der Waals surface area contributed by atoms with Crippen molar-refractivity contribution >= 4 is 28.4 Å². The van der Waals surface area contributed by atoms with Gasteiger partial charge in [0.2, 0.25) is 10.0 Å². The smallest absolute Gasteiger partial charge is 0.320 e. The van der Waals surface area contributed by atoms with Gasteiger partial charge < -0.3 is 9.63 Å². The maximum atomic E-state index is 12.2. The Kier molecular flexibility index (Phi) is 6.79. The molecule has 0 radical (unpaired) electrons. The Balaban J connectivity index is 0.00000242. The van der Waals surface area contributed by atoms with Gasteiger partial charge in [0, 0.05) is 32.2 Å². The number of aromatic nitrogens is 1. The highest BCUT2D eigenvalue weighted by molar-refractivity contribution is 7.88. The molecule has 8 nitrogen and oxygen atoms in total. The number of aliphatic carboxylic acids is 1. The van der Waals surface area contributed by atoms with Crippen molar-refractivity contribution in [2.75, 3.05) is 26.2 Å². The van der Waals surface area contributed by atoms with Crippen LogP contribution >= 0.6 is 12.4 Å². The maximum Gasteiger partial charge on any atom is 0.320 e. The van der Waals surface area contributed by atoms with Crippen LogP contribution in [0.15, 0.2) is 16.9 Å². The molecule has 2 heterocycles. The third-order valence-electron chi connectivity index (χ3n) is 3.60. The lowest BCUT2D eigenvalue weighted by Crippen LogP contribution is -2.53. The molecule has 0 spiro atoms. The van der Waals surface area contributed by atoms with Crippen LogP contribution < -0.4 is 0 Å². The molecule has 1 aromatic rings. The van der Waals surface area contributed by atoms with E-state index in [1.165, 1.54) is 16.6 Å². The molecule has 0 aliphatic carbocycles. The molecule has 1 aliphatic heterocycles. The van der Waals surface area contributed by atoms with Gasteiger partial charge in [-0.15, -0.1) is 12.4 Å². The third-order valence-corrected chi connectivity index (χ3v) is 5.41. The van der Waals surface area contributed by atoms with E-state index in [4.69, 9.17) is 5.11 Å². The van der Waals surface area contributed by atoms with Crippen molar-refractivity contribution in [2.24, 2.45) is 0 Å². The van der Waals surface area contributed by atoms with E-state index < -0.39 is 22.0 Å². The first-order valence-corrected chi connectivity index (χ1v) is 8.39. The van der Waals surface area contributed by atoms with E-state index in [0.717, 1.165) is 0 Å². The van der Waals surface area contributed by atoms with E-state index in [9.17, 15) is 13.2 Å². The van der Waals surface area contributed by atoms with Crippen molar-refractivity contribution in [1.29, 1.82) is 0 Å². The van der Waals surface area contributed by atoms with E-state index in [1.54, 1.807) is 0 Å². The van der Waals surface area contributed by atoms with E-state index in [-0.39, 0.29) is 18.2 Å². The molecular weight excluding hydrogens is 334 g/mol. The predicted octanol–water partition coefficient (Wildman–Crippen LogP) is 0.407. The molecule has 0 aromatic carbocycles. The zero-order chi connectivity index (χ0) is 15.5. The van der Waals surface area contributed by atoms with Crippen molar-refractivity contribution in [1.82, 2.24) is 14.4 Å². The molecule has 1 unspecified atom stereocenters. The largest absolute Gasteiger partial charge is 0.480 e. The minimum Gasteiger partial charge on any atom is -0.480 e. The number of carboxylic acid groups (broad SMARTS) is 1. The molecule has 1 aromatic heterocycles. The van der Waals surface area contributed by atoms with Gasteiger partial charge in [0.25, 0.3) is 0 Å². The summed E-state index contributed by atoms with van der Waals surface area (Å²) in [7, 11) is -3.45. The van der Waals surface area contributed by atoms with Crippen LogP contribution in [-0.4, -0.2) is 66.1 Å². The Morgan fingerprint density at radius 3 is 2.50 bits per heavy atom. The molecular formula is C12H20ClN3O5S. The minimum absolute atomic E-state index is 0. The van der Waals surface area contributed by atoms with Gasteiger partial charge in [-0.1, -0.05) is 12.1 Å². The number of nitrogens with zero attached hydrogens (tertiary/aromatic N) is 3. The molecule has 2 rings (SSSR count). The first kappa shape index (κ1) is 18.9. The van der Waals surface area contributed by atoms with Crippen molar-refractivity contribution in [3.63, 3.8) is 0 Å². The topological polar surface area (TPSA) is 104 Å². The number of rotatable bonds is 6. The van der Waals surface area contributed by atoms with Crippen LogP contribution in [-0.2, 0) is 20.6 Å². The van der Waals surface area contributed by atoms with Crippen LogP contribution in [0.25, 0.3) is 0 Å². The standard InChI is InChI=1S/C12H19N3O5S.ClH/c1-2-11(12(16)17)14-4-6-15(7-5-14)21(18,19)9-10-3-8-20-13-10;/h3,8,11H,2,4-7,9H2,1H3,(H,16,17);1H. The summed E-state index contributed by atoms with van der Waals surface area (Å²) in [5, 5.41) is 12.7. The van der Waals surface area contributed by atoms with Gasteiger partial charge in [0.15, 0.2) is 0 Å².